The van der Waals surface area contributed by atoms with Crippen molar-refractivity contribution in [2.24, 2.45) is 0 Å². The topological polar surface area (TPSA) is 160 Å². The normalized spacial score (nSPS) is 13.0. The van der Waals surface area contributed by atoms with Crippen molar-refractivity contribution in [2.45, 2.75) is 51.0 Å². The molecule has 12 heteroatoms. The predicted octanol–water partition coefficient (Wildman–Crippen LogP) is 3.25. The molecule has 0 saturated carbocycles. The van der Waals surface area contributed by atoms with Crippen LogP contribution in [0.1, 0.15) is 54.1 Å². The van der Waals surface area contributed by atoms with Gasteiger partial charge in [-0.1, -0.05) is 18.2 Å². The van der Waals surface area contributed by atoms with E-state index in [0.29, 0.717) is 31.9 Å². The molecule has 0 fully saturated rings. The first-order valence-corrected chi connectivity index (χ1v) is 16.2. The van der Waals surface area contributed by atoms with Crippen molar-refractivity contribution in [3.05, 3.63) is 83.4 Å². The van der Waals surface area contributed by atoms with Gasteiger partial charge in [-0.3, -0.25) is 19.4 Å². The lowest BCUT2D eigenvalue weighted by Gasteiger charge is -2.20. The van der Waals surface area contributed by atoms with Crippen molar-refractivity contribution in [2.75, 3.05) is 45.2 Å². The number of aryl methyl sites for hydroxylation is 3. The summed E-state index contributed by atoms with van der Waals surface area (Å²) in [5, 5.41) is 22.6. The maximum Gasteiger partial charge on any atom is 0.305 e. The summed E-state index contributed by atoms with van der Waals surface area (Å²) in [7, 11) is 1.69. The van der Waals surface area contributed by atoms with Crippen LogP contribution in [0.2, 0.25) is 0 Å². The van der Waals surface area contributed by atoms with Crippen LogP contribution in [0.25, 0.3) is 10.9 Å². The number of fused-ring (bicyclic) bond motifs is 2. The van der Waals surface area contributed by atoms with Crippen molar-refractivity contribution < 1.29 is 24.2 Å². The number of anilines is 1. The highest BCUT2D eigenvalue weighted by atomic mass is 16.5. The van der Waals surface area contributed by atoms with Crippen molar-refractivity contribution in [3.63, 3.8) is 0 Å². The third-order valence-corrected chi connectivity index (χ3v) is 8.20. The number of rotatable bonds is 17. The molecule has 12 nitrogen and oxygen atoms in total. The third-order valence-electron chi connectivity index (χ3n) is 8.20. The number of nitrogens with zero attached hydrogens (tertiary/aromatic N) is 3. The van der Waals surface area contributed by atoms with Crippen LogP contribution in [0, 0.1) is 0 Å². The Bertz CT molecular complexity index is 1690. The van der Waals surface area contributed by atoms with E-state index in [1.807, 2.05) is 29.0 Å². The Labute approximate surface area is 274 Å². The quantitative estimate of drug-likeness (QED) is 0.109. The zero-order chi connectivity index (χ0) is 33.0. The van der Waals surface area contributed by atoms with Crippen LogP contribution >= 0.6 is 0 Å². The van der Waals surface area contributed by atoms with E-state index in [9.17, 15) is 19.5 Å². The van der Waals surface area contributed by atoms with Crippen molar-refractivity contribution in [1.29, 1.82) is 0 Å². The second-order valence-corrected chi connectivity index (χ2v) is 11.7. The highest BCUT2D eigenvalue weighted by Gasteiger charge is 2.21. The highest BCUT2D eigenvalue weighted by molar-refractivity contribution is 5.84. The Balaban J connectivity index is 1.20. The van der Waals surface area contributed by atoms with Crippen LogP contribution < -0.4 is 26.0 Å². The number of aromatic nitrogens is 3. The molecule has 248 valence electrons. The number of carbonyl (C=O) groups excluding carboxylic acids is 2. The number of amides is 2. The summed E-state index contributed by atoms with van der Waals surface area (Å²) in [6.07, 6.45) is 9.66. The fraction of sp³-hybridized carbons (Fsp3) is 0.400. The van der Waals surface area contributed by atoms with E-state index in [-0.39, 0.29) is 31.2 Å². The van der Waals surface area contributed by atoms with Gasteiger partial charge >= 0.3 is 5.97 Å². The summed E-state index contributed by atoms with van der Waals surface area (Å²) in [6, 6.07) is 13.8. The van der Waals surface area contributed by atoms with E-state index < -0.39 is 12.0 Å². The number of aliphatic carboxylic acids is 1. The highest BCUT2D eigenvalue weighted by Crippen LogP contribution is 2.31. The number of nitrogens with one attached hydrogen (secondary N) is 4. The van der Waals surface area contributed by atoms with Crippen molar-refractivity contribution >= 4 is 34.5 Å². The largest absolute Gasteiger partial charge is 0.492 e. The molecule has 4 aromatic rings. The molecule has 1 aliphatic heterocycles. The Morgan fingerprint density at radius 3 is 2.74 bits per heavy atom. The number of benzene rings is 1. The Kier molecular flexibility index (Phi) is 11.8. The summed E-state index contributed by atoms with van der Waals surface area (Å²) in [4.78, 5) is 44.8. The minimum absolute atomic E-state index is 0.124. The Morgan fingerprint density at radius 2 is 1.91 bits per heavy atom. The Hall–Kier alpha value is -4.97. The molecule has 0 saturated heterocycles. The van der Waals surface area contributed by atoms with Crippen LogP contribution in [-0.2, 0) is 33.6 Å². The lowest BCUT2D eigenvalue weighted by Crippen LogP contribution is -2.38. The number of pyridine rings is 2. The molecule has 0 bridgehead atoms. The summed E-state index contributed by atoms with van der Waals surface area (Å²) < 4.78 is 7.90. The second kappa shape index (κ2) is 16.5. The Morgan fingerprint density at radius 1 is 1.06 bits per heavy atom. The number of likely N-dealkylation sites (N-methyl/N-ethyl adjacent to an activating group) is 1. The maximum atomic E-state index is 12.1. The molecule has 2 amide bonds. The number of hydrogen-bond acceptors (Lipinski definition) is 8. The lowest BCUT2D eigenvalue weighted by molar-refractivity contribution is -0.137. The molecule has 0 radical (unpaired) electrons. The van der Waals surface area contributed by atoms with Gasteiger partial charge in [-0.2, -0.15) is 0 Å². The average Bonchev–Trinajstić information content (AvgIpc) is 3.51. The van der Waals surface area contributed by atoms with E-state index in [0.717, 1.165) is 60.2 Å². The number of carbonyl (C=O) groups is 3. The fourth-order valence-corrected chi connectivity index (χ4v) is 5.89. The van der Waals surface area contributed by atoms with Crippen LogP contribution in [0.15, 0.2) is 61.1 Å². The first kappa shape index (κ1) is 33.4. The molecule has 5 rings (SSSR count). The van der Waals surface area contributed by atoms with Crippen molar-refractivity contribution in [1.82, 2.24) is 30.5 Å². The number of hydrogen-bond donors (Lipinski definition) is 5. The van der Waals surface area contributed by atoms with Crippen LogP contribution in [0.5, 0.6) is 5.75 Å². The van der Waals surface area contributed by atoms with Gasteiger partial charge < -0.3 is 35.7 Å². The maximum absolute atomic E-state index is 12.1. The van der Waals surface area contributed by atoms with Crippen molar-refractivity contribution in [3.8, 4) is 5.75 Å². The lowest BCUT2D eigenvalue weighted by atomic mass is 10.0. The summed E-state index contributed by atoms with van der Waals surface area (Å²) in [6.45, 7) is 2.20. The van der Waals surface area contributed by atoms with E-state index in [4.69, 9.17) is 9.72 Å². The summed E-state index contributed by atoms with van der Waals surface area (Å²) in [5.74, 6) is 0.339. The first-order chi connectivity index (χ1) is 22.9. The molecule has 1 atom stereocenters. The van der Waals surface area contributed by atoms with Crippen LogP contribution in [0.3, 0.4) is 0 Å². The monoisotopic (exact) mass is 641 g/mol. The molecule has 4 heterocycles. The minimum Gasteiger partial charge on any atom is -0.492 e. The third kappa shape index (κ3) is 9.29. The molecular weight excluding hydrogens is 598 g/mol. The van der Waals surface area contributed by atoms with Gasteiger partial charge in [0.1, 0.15) is 11.6 Å². The molecular formula is C35H43N7O5. The first-order valence-electron chi connectivity index (χ1n) is 16.2. The molecule has 3 aromatic heterocycles. The van der Waals surface area contributed by atoms with Gasteiger partial charge in [-0.15, -0.1) is 0 Å². The summed E-state index contributed by atoms with van der Waals surface area (Å²) >= 11 is 0. The standard InChI is InChI=1S/C35H43N7O5/c1-36-23-33(44)39-16-15-38-32(43)8-4-18-47-28-19-26(21-37-22-28)31(20-34(45)46)42-17-13-29-24(5-2-7-30(29)42)9-11-27-12-10-25-6-3-14-40-35(25)41-27/h2,5,7,10,12-13,17,19,21-22,31,36H,3-4,6,8-9,11,14-16,18,20,23H2,1H3,(H,38,43)(H,39,44)(H,40,41)(H,45,46). The SMILES string of the molecule is CNCC(=O)NCCNC(=O)CCCOc1cncc(C(CC(=O)O)n2ccc3c(CCc4ccc5c(n4)NCCC5)cccc32)c1. The molecule has 1 aromatic carbocycles. The zero-order valence-corrected chi connectivity index (χ0v) is 26.8. The average molecular weight is 642 g/mol. The zero-order valence-electron chi connectivity index (χ0n) is 26.8. The van der Waals surface area contributed by atoms with Gasteiger partial charge in [0.2, 0.25) is 11.8 Å². The van der Waals surface area contributed by atoms with Crippen LogP contribution in [0.4, 0.5) is 5.82 Å². The van der Waals surface area contributed by atoms with E-state index in [2.05, 4.69) is 50.5 Å². The van der Waals surface area contributed by atoms with E-state index >= 15 is 0 Å². The number of ether oxygens (including phenoxy) is 1. The number of carboxylic acids is 1. The van der Waals surface area contributed by atoms with Gasteiger partial charge in [0.25, 0.3) is 0 Å². The summed E-state index contributed by atoms with van der Waals surface area (Å²) in [5.41, 5.74) is 5.17. The molecule has 1 aliphatic rings. The predicted molar refractivity (Wildman–Crippen MR) is 180 cm³/mol. The molecule has 0 aliphatic carbocycles. The molecule has 5 N–H and O–H groups in total. The number of carboxylic acid groups (broad SMARTS) is 1. The fourth-order valence-electron chi connectivity index (χ4n) is 5.89. The molecule has 0 spiro atoms. The smallest absolute Gasteiger partial charge is 0.305 e. The van der Waals surface area contributed by atoms with Gasteiger partial charge in [0.05, 0.1) is 31.8 Å². The van der Waals surface area contributed by atoms with E-state index in [1.165, 1.54) is 11.1 Å². The minimum atomic E-state index is -0.918. The van der Waals surface area contributed by atoms with Gasteiger partial charge in [0, 0.05) is 55.0 Å². The van der Waals surface area contributed by atoms with Gasteiger partial charge in [-0.05, 0) is 80.1 Å². The van der Waals surface area contributed by atoms with Gasteiger partial charge in [-0.25, -0.2) is 4.98 Å². The van der Waals surface area contributed by atoms with E-state index in [1.54, 1.807) is 19.4 Å². The van der Waals surface area contributed by atoms with Crippen LogP contribution in [-0.4, -0.2) is 77.3 Å². The second-order valence-electron chi connectivity index (χ2n) is 11.7. The van der Waals surface area contributed by atoms with Gasteiger partial charge in [0.15, 0.2) is 0 Å². The molecule has 1 unspecified atom stereocenters. The molecule has 47 heavy (non-hydrogen) atoms.